The van der Waals surface area contributed by atoms with Crippen LogP contribution in [0, 0.1) is 5.41 Å². The summed E-state index contributed by atoms with van der Waals surface area (Å²) in [5.74, 6) is 0. The quantitative estimate of drug-likeness (QED) is 0.566. The van der Waals surface area contributed by atoms with Gasteiger partial charge in [-0.05, 0) is 34.4 Å². The van der Waals surface area contributed by atoms with Crippen molar-refractivity contribution in [2.75, 3.05) is 6.61 Å². The molecule has 2 heteroatoms. The zero-order valence-corrected chi connectivity index (χ0v) is 14.3. The molecular formula is C17H28OSi. The second-order valence-corrected chi connectivity index (χ2v) is 8.32. The Morgan fingerprint density at radius 2 is 1.63 bits per heavy atom. The van der Waals surface area contributed by atoms with Gasteiger partial charge in [-0.25, -0.2) is 0 Å². The summed E-state index contributed by atoms with van der Waals surface area (Å²) >= 11 is 0. The molecule has 0 saturated carbocycles. The zero-order chi connectivity index (χ0) is 14.5. The third kappa shape index (κ3) is 6.39. The van der Waals surface area contributed by atoms with Crippen molar-refractivity contribution in [1.29, 1.82) is 0 Å². The number of benzene rings is 1. The van der Waals surface area contributed by atoms with E-state index in [-0.39, 0.29) is 5.41 Å². The van der Waals surface area contributed by atoms with Gasteiger partial charge in [0.2, 0.25) is 9.76 Å². The molecule has 1 aromatic rings. The summed E-state index contributed by atoms with van der Waals surface area (Å²) in [6, 6.07) is 9.78. The first-order chi connectivity index (χ1) is 8.70. The lowest BCUT2D eigenvalue weighted by molar-refractivity contribution is 0.251. The van der Waals surface area contributed by atoms with Crippen LogP contribution in [0.25, 0.3) is 0 Å². The van der Waals surface area contributed by atoms with Crippen molar-refractivity contribution in [2.45, 2.75) is 59.4 Å². The highest BCUT2D eigenvalue weighted by Gasteiger charge is 2.17. The lowest BCUT2D eigenvalue weighted by Gasteiger charge is -2.23. The Morgan fingerprint density at radius 1 is 1.00 bits per heavy atom. The van der Waals surface area contributed by atoms with Gasteiger partial charge in [-0.1, -0.05) is 65.8 Å². The topological polar surface area (TPSA) is 9.23 Å². The van der Waals surface area contributed by atoms with Crippen molar-refractivity contribution in [3.63, 3.8) is 0 Å². The maximum Gasteiger partial charge on any atom is 0.234 e. The van der Waals surface area contributed by atoms with E-state index in [9.17, 15) is 0 Å². The van der Waals surface area contributed by atoms with Gasteiger partial charge in [0.15, 0.2) is 0 Å². The van der Waals surface area contributed by atoms with Crippen molar-refractivity contribution in [3.8, 4) is 0 Å². The van der Waals surface area contributed by atoms with Gasteiger partial charge in [-0.15, -0.1) is 0 Å². The van der Waals surface area contributed by atoms with Gasteiger partial charge in [0, 0.05) is 6.61 Å². The molecular weight excluding hydrogens is 248 g/mol. The van der Waals surface area contributed by atoms with Gasteiger partial charge in [-0.2, -0.15) is 0 Å². The molecule has 0 unspecified atom stereocenters. The fourth-order valence-electron chi connectivity index (χ4n) is 1.96. The zero-order valence-electron chi connectivity index (χ0n) is 13.3. The summed E-state index contributed by atoms with van der Waals surface area (Å²) in [6.07, 6.45) is 1.13. The van der Waals surface area contributed by atoms with Crippen LogP contribution >= 0.6 is 0 Å². The van der Waals surface area contributed by atoms with E-state index in [2.05, 4.69) is 65.8 Å². The summed E-state index contributed by atoms with van der Waals surface area (Å²) in [6.45, 7) is 14.5. The monoisotopic (exact) mass is 276 g/mol. The summed E-state index contributed by atoms with van der Waals surface area (Å²) in [5.41, 5.74) is 3.46. The Labute approximate surface area is 121 Å². The second kappa shape index (κ2) is 6.71. The van der Waals surface area contributed by atoms with Crippen molar-refractivity contribution >= 4 is 9.76 Å². The Balaban J connectivity index is 2.46. The first kappa shape index (κ1) is 16.5. The molecule has 1 nitrogen and oxygen atoms in total. The highest BCUT2D eigenvalue weighted by molar-refractivity contribution is 6.26. The van der Waals surface area contributed by atoms with E-state index in [1.165, 1.54) is 11.1 Å². The summed E-state index contributed by atoms with van der Waals surface area (Å²) in [7, 11) is 0.571. The molecule has 0 bridgehead atoms. The van der Waals surface area contributed by atoms with E-state index in [0.29, 0.717) is 15.2 Å². The Hall–Kier alpha value is -0.603. The molecule has 0 N–H and O–H groups in total. The number of hydrogen-bond donors (Lipinski definition) is 0. The van der Waals surface area contributed by atoms with Crippen LogP contribution in [-0.2, 0) is 15.9 Å². The van der Waals surface area contributed by atoms with Gasteiger partial charge in [0.05, 0.1) is 0 Å². The van der Waals surface area contributed by atoms with Crippen LogP contribution in [0.1, 0.15) is 59.1 Å². The summed E-state index contributed by atoms with van der Waals surface area (Å²) < 4.78 is 5.81. The summed E-state index contributed by atoms with van der Waals surface area (Å²) in [5, 5.41) is 0. The molecule has 0 saturated heterocycles. The molecule has 0 fully saturated rings. The van der Waals surface area contributed by atoms with E-state index >= 15 is 0 Å². The molecule has 0 aromatic heterocycles. The average molecular weight is 276 g/mol. The first-order valence-corrected chi connectivity index (χ1v) is 8.25. The van der Waals surface area contributed by atoms with Crippen LogP contribution in [-0.4, -0.2) is 16.4 Å². The van der Waals surface area contributed by atoms with Gasteiger partial charge >= 0.3 is 0 Å². The standard InChI is InChI=1S/C17H28OSi/c1-16(2,3)11-12-18-19-13-14-9-7-8-10-15(14)17(4,5)6/h7-10H,11-13H2,1-6H3. The fraction of sp³-hybridized carbons (Fsp3) is 0.647. The van der Waals surface area contributed by atoms with Gasteiger partial charge in [0.25, 0.3) is 0 Å². The third-order valence-corrected chi connectivity index (χ3v) is 4.08. The molecule has 1 aromatic carbocycles. The maximum absolute atomic E-state index is 5.81. The minimum Gasteiger partial charge on any atom is -0.417 e. The minimum atomic E-state index is 0.215. The molecule has 2 radical (unpaired) electrons. The van der Waals surface area contributed by atoms with Crippen LogP contribution in [0.3, 0.4) is 0 Å². The maximum atomic E-state index is 5.81. The average Bonchev–Trinajstić information content (AvgIpc) is 2.26. The molecule has 19 heavy (non-hydrogen) atoms. The van der Waals surface area contributed by atoms with Crippen LogP contribution in [0.5, 0.6) is 0 Å². The number of hydrogen-bond acceptors (Lipinski definition) is 1. The van der Waals surface area contributed by atoms with Crippen LogP contribution < -0.4 is 0 Å². The van der Waals surface area contributed by atoms with Crippen LogP contribution in [0.2, 0.25) is 0 Å². The molecule has 0 aliphatic heterocycles. The van der Waals surface area contributed by atoms with Crippen LogP contribution in [0.15, 0.2) is 24.3 Å². The lowest BCUT2D eigenvalue weighted by atomic mass is 9.84. The molecule has 1 rings (SSSR count). The van der Waals surface area contributed by atoms with E-state index in [1.807, 2.05) is 0 Å². The lowest BCUT2D eigenvalue weighted by Crippen LogP contribution is -2.17. The van der Waals surface area contributed by atoms with E-state index in [0.717, 1.165) is 19.1 Å². The highest BCUT2D eigenvalue weighted by Crippen LogP contribution is 2.25. The summed E-state index contributed by atoms with van der Waals surface area (Å²) in [4.78, 5) is 0. The molecule has 0 spiro atoms. The highest BCUT2D eigenvalue weighted by atomic mass is 28.2. The Kier molecular flexibility index (Phi) is 5.81. The number of rotatable bonds is 5. The Bertz CT molecular complexity index is 385. The largest absolute Gasteiger partial charge is 0.417 e. The third-order valence-electron chi connectivity index (χ3n) is 3.14. The van der Waals surface area contributed by atoms with Crippen molar-refractivity contribution in [1.82, 2.24) is 0 Å². The predicted octanol–water partition coefficient (Wildman–Crippen LogP) is 4.56. The first-order valence-electron chi connectivity index (χ1n) is 7.13. The van der Waals surface area contributed by atoms with Crippen molar-refractivity contribution in [3.05, 3.63) is 35.4 Å². The molecule has 106 valence electrons. The molecule has 0 aliphatic rings. The second-order valence-electron chi connectivity index (χ2n) is 7.39. The normalized spacial score (nSPS) is 12.7. The fourth-order valence-corrected chi connectivity index (χ4v) is 2.78. The SMILES string of the molecule is CC(C)(C)CCO[Si]Cc1ccccc1C(C)(C)C. The van der Waals surface area contributed by atoms with Gasteiger partial charge in [-0.3, -0.25) is 0 Å². The molecule has 0 heterocycles. The van der Waals surface area contributed by atoms with Gasteiger partial charge < -0.3 is 4.43 Å². The predicted molar refractivity (Wildman–Crippen MR) is 84.6 cm³/mol. The molecule has 0 atom stereocenters. The smallest absolute Gasteiger partial charge is 0.234 e. The van der Waals surface area contributed by atoms with Crippen LogP contribution in [0.4, 0.5) is 0 Å². The minimum absolute atomic E-state index is 0.215. The van der Waals surface area contributed by atoms with E-state index in [1.54, 1.807) is 0 Å². The van der Waals surface area contributed by atoms with E-state index in [4.69, 9.17) is 4.43 Å². The van der Waals surface area contributed by atoms with Gasteiger partial charge in [0.1, 0.15) is 0 Å². The van der Waals surface area contributed by atoms with Crippen molar-refractivity contribution in [2.24, 2.45) is 5.41 Å². The Morgan fingerprint density at radius 3 is 2.21 bits per heavy atom. The van der Waals surface area contributed by atoms with E-state index < -0.39 is 0 Å². The van der Waals surface area contributed by atoms with Crippen molar-refractivity contribution < 1.29 is 4.43 Å². The molecule has 0 aliphatic carbocycles. The molecule has 0 amide bonds.